The Morgan fingerprint density at radius 1 is 1.35 bits per heavy atom. The van der Waals surface area contributed by atoms with Gasteiger partial charge in [-0.15, -0.1) is 0 Å². The molecule has 1 saturated heterocycles. The molecule has 0 aliphatic carbocycles. The SMILES string of the molecule is COC1(O)C(=O)C(=O)OC1c1ccc(Cl)cc1. The van der Waals surface area contributed by atoms with Crippen molar-refractivity contribution >= 4 is 23.4 Å². The fourth-order valence-electron chi connectivity index (χ4n) is 1.64. The molecule has 0 spiro atoms. The molecule has 17 heavy (non-hydrogen) atoms. The van der Waals surface area contributed by atoms with Gasteiger partial charge in [0.2, 0.25) is 0 Å². The molecule has 90 valence electrons. The lowest BCUT2D eigenvalue weighted by Gasteiger charge is -2.23. The van der Waals surface area contributed by atoms with Crippen LogP contribution in [0.5, 0.6) is 0 Å². The molecule has 0 amide bonds. The van der Waals surface area contributed by atoms with E-state index in [0.29, 0.717) is 10.6 Å². The van der Waals surface area contributed by atoms with Crippen LogP contribution in [0.1, 0.15) is 11.7 Å². The van der Waals surface area contributed by atoms with Crippen LogP contribution in [0.3, 0.4) is 0 Å². The van der Waals surface area contributed by atoms with Crippen molar-refractivity contribution in [2.45, 2.75) is 11.9 Å². The molecule has 6 heteroatoms. The molecular formula is C11H9ClO5. The van der Waals surface area contributed by atoms with Crippen LogP contribution in [0.25, 0.3) is 0 Å². The minimum absolute atomic E-state index is 0.429. The Morgan fingerprint density at radius 3 is 2.47 bits per heavy atom. The van der Waals surface area contributed by atoms with E-state index in [1.165, 1.54) is 0 Å². The van der Waals surface area contributed by atoms with Crippen LogP contribution in [-0.4, -0.2) is 29.8 Å². The third-order valence-electron chi connectivity index (χ3n) is 2.57. The van der Waals surface area contributed by atoms with Crippen molar-refractivity contribution in [3.05, 3.63) is 34.9 Å². The van der Waals surface area contributed by atoms with E-state index >= 15 is 0 Å². The Bertz CT molecular complexity index is 469. The monoisotopic (exact) mass is 256 g/mol. The summed E-state index contributed by atoms with van der Waals surface area (Å²) in [6, 6.07) is 6.21. The van der Waals surface area contributed by atoms with Crippen LogP contribution in [0.15, 0.2) is 24.3 Å². The zero-order valence-corrected chi connectivity index (χ0v) is 9.60. The van der Waals surface area contributed by atoms with Gasteiger partial charge < -0.3 is 14.6 Å². The van der Waals surface area contributed by atoms with E-state index in [1.807, 2.05) is 0 Å². The number of ether oxygens (including phenoxy) is 2. The maximum absolute atomic E-state index is 11.4. The van der Waals surface area contributed by atoms with Gasteiger partial charge in [0.15, 0.2) is 6.10 Å². The molecule has 1 N–H and O–H groups in total. The van der Waals surface area contributed by atoms with Gasteiger partial charge in [0.05, 0.1) is 0 Å². The molecule has 1 heterocycles. The molecule has 2 rings (SSSR count). The first kappa shape index (κ1) is 12.0. The van der Waals surface area contributed by atoms with E-state index in [0.717, 1.165) is 7.11 Å². The quantitative estimate of drug-likeness (QED) is 0.482. The van der Waals surface area contributed by atoms with Gasteiger partial charge in [-0.1, -0.05) is 23.7 Å². The molecular weight excluding hydrogens is 248 g/mol. The Morgan fingerprint density at radius 2 is 1.94 bits per heavy atom. The zero-order chi connectivity index (χ0) is 12.6. The number of carbonyl (C=O) groups excluding carboxylic acids is 2. The van der Waals surface area contributed by atoms with Crippen molar-refractivity contribution in [1.82, 2.24) is 0 Å². The normalized spacial score (nSPS) is 28.3. The first-order valence-corrected chi connectivity index (χ1v) is 5.15. The number of cyclic esters (lactones) is 1. The number of esters is 1. The van der Waals surface area contributed by atoms with Gasteiger partial charge in [0.1, 0.15) is 0 Å². The maximum Gasteiger partial charge on any atom is 0.381 e. The van der Waals surface area contributed by atoms with E-state index in [-0.39, 0.29) is 0 Å². The predicted octanol–water partition coefficient (Wildman–Crippen LogP) is 0.842. The first-order chi connectivity index (χ1) is 7.99. The van der Waals surface area contributed by atoms with Crippen LogP contribution in [0, 0.1) is 0 Å². The summed E-state index contributed by atoms with van der Waals surface area (Å²) in [7, 11) is 1.13. The lowest BCUT2D eigenvalue weighted by Crippen LogP contribution is -2.42. The number of ketones is 1. The van der Waals surface area contributed by atoms with Gasteiger partial charge in [-0.25, -0.2) is 4.79 Å². The summed E-state index contributed by atoms with van der Waals surface area (Å²) in [5, 5.41) is 10.5. The summed E-state index contributed by atoms with van der Waals surface area (Å²) in [6.45, 7) is 0. The summed E-state index contributed by atoms with van der Waals surface area (Å²) < 4.78 is 9.51. The van der Waals surface area contributed by atoms with Gasteiger partial charge >= 0.3 is 11.8 Å². The third-order valence-corrected chi connectivity index (χ3v) is 2.83. The Labute approximate surface area is 102 Å². The maximum atomic E-state index is 11.4. The van der Waals surface area contributed by atoms with E-state index < -0.39 is 23.6 Å². The van der Waals surface area contributed by atoms with Crippen LogP contribution >= 0.6 is 11.6 Å². The fourth-order valence-corrected chi connectivity index (χ4v) is 1.76. The largest absolute Gasteiger partial charge is 0.445 e. The summed E-state index contributed by atoms with van der Waals surface area (Å²) in [5.74, 6) is -4.50. The second-order valence-electron chi connectivity index (χ2n) is 3.57. The number of hydrogen-bond donors (Lipinski definition) is 1. The van der Waals surface area contributed by atoms with Crippen molar-refractivity contribution in [3.63, 3.8) is 0 Å². The molecule has 1 aromatic rings. The number of aliphatic hydroxyl groups is 1. The molecule has 0 radical (unpaired) electrons. The number of hydrogen-bond acceptors (Lipinski definition) is 5. The van der Waals surface area contributed by atoms with Gasteiger partial charge in [0, 0.05) is 12.1 Å². The van der Waals surface area contributed by atoms with Crippen LogP contribution in [-0.2, 0) is 19.1 Å². The highest BCUT2D eigenvalue weighted by Gasteiger charge is 2.58. The van der Waals surface area contributed by atoms with Crippen LogP contribution < -0.4 is 0 Å². The molecule has 5 nitrogen and oxygen atoms in total. The van der Waals surface area contributed by atoms with Crippen molar-refractivity contribution in [3.8, 4) is 0 Å². The highest BCUT2D eigenvalue weighted by molar-refractivity contribution is 6.38. The summed E-state index contributed by atoms with van der Waals surface area (Å²) in [4.78, 5) is 22.6. The highest BCUT2D eigenvalue weighted by Crippen LogP contribution is 2.37. The molecule has 0 saturated carbocycles. The van der Waals surface area contributed by atoms with E-state index in [2.05, 4.69) is 0 Å². The Balaban J connectivity index is 2.41. The Hall–Kier alpha value is -1.43. The molecule has 2 unspecified atom stereocenters. The standard InChI is InChI=1S/C11H9ClO5/c1-16-11(15)8(13)10(14)17-9(11)6-2-4-7(12)5-3-6/h2-5,9,15H,1H3. The molecule has 2 atom stereocenters. The van der Waals surface area contributed by atoms with Gasteiger partial charge in [-0.2, -0.15) is 0 Å². The minimum Gasteiger partial charge on any atom is -0.445 e. The molecule has 1 aromatic carbocycles. The van der Waals surface area contributed by atoms with Crippen molar-refractivity contribution < 1.29 is 24.2 Å². The van der Waals surface area contributed by atoms with Gasteiger partial charge in [0.25, 0.3) is 5.79 Å². The second kappa shape index (κ2) is 4.10. The number of carbonyl (C=O) groups is 2. The lowest BCUT2D eigenvalue weighted by molar-refractivity contribution is -0.212. The first-order valence-electron chi connectivity index (χ1n) is 4.77. The lowest BCUT2D eigenvalue weighted by atomic mass is 10.0. The van der Waals surface area contributed by atoms with Gasteiger partial charge in [-0.3, -0.25) is 4.79 Å². The minimum atomic E-state index is -2.27. The number of rotatable bonds is 2. The molecule has 1 aliphatic rings. The van der Waals surface area contributed by atoms with E-state index in [1.54, 1.807) is 24.3 Å². The van der Waals surface area contributed by atoms with Gasteiger partial charge in [-0.05, 0) is 17.7 Å². The molecule has 0 aromatic heterocycles. The third kappa shape index (κ3) is 1.82. The zero-order valence-electron chi connectivity index (χ0n) is 8.84. The second-order valence-corrected chi connectivity index (χ2v) is 4.00. The topological polar surface area (TPSA) is 72.8 Å². The smallest absolute Gasteiger partial charge is 0.381 e. The van der Waals surface area contributed by atoms with Crippen LogP contribution in [0.2, 0.25) is 5.02 Å². The Kier molecular flexibility index (Phi) is 2.91. The van der Waals surface area contributed by atoms with E-state index in [4.69, 9.17) is 21.1 Å². The van der Waals surface area contributed by atoms with E-state index in [9.17, 15) is 14.7 Å². The average Bonchev–Trinajstić information content (AvgIpc) is 2.56. The van der Waals surface area contributed by atoms with Crippen molar-refractivity contribution in [2.24, 2.45) is 0 Å². The summed E-state index contributed by atoms with van der Waals surface area (Å²) in [6.07, 6.45) is -1.18. The molecule has 1 fully saturated rings. The predicted molar refractivity (Wildman–Crippen MR) is 57.3 cm³/mol. The average molecular weight is 257 g/mol. The number of halogens is 1. The highest BCUT2D eigenvalue weighted by atomic mass is 35.5. The summed E-state index contributed by atoms with van der Waals surface area (Å²) >= 11 is 5.71. The fraction of sp³-hybridized carbons (Fsp3) is 0.273. The number of benzene rings is 1. The number of Topliss-reactive ketones (excluding diaryl/α,β-unsaturated/α-hetero) is 1. The summed E-state index contributed by atoms with van der Waals surface area (Å²) in [5.41, 5.74) is 0.429. The van der Waals surface area contributed by atoms with Crippen LogP contribution in [0.4, 0.5) is 0 Å². The number of methoxy groups -OCH3 is 1. The van der Waals surface area contributed by atoms with Crippen molar-refractivity contribution in [1.29, 1.82) is 0 Å². The van der Waals surface area contributed by atoms with Crippen molar-refractivity contribution in [2.75, 3.05) is 7.11 Å². The molecule has 0 bridgehead atoms. The molecule has 1 aliphatic heterocycles.